The lowest BCUT2D eigenvalue weighted by molar-refractivity contribution is -0.0800. The highest BCUT2D eigenvalue weighted by Crippen LogP contribution is 2.34. The van der Waals surface area contributed by atoms with Crippen LogP contribution in [0.3, 0.4) is 0 Å². The van der Waals surface area contributed by atoms with E-state index in [0.29, 0.717) is 37.8 Å². The lowest BCUT2D eigenvalue weighted by Gasteiger charge is -2.33. The third-order valence-corrected chi connectivity index (χ3v) is 7.38. The van der Waals surface area contributed by atoms with Gasteiger partial charge in [0.1, 0.15) is 12.2 Å². The van der Waals surface area contributed by atoms with Crippen molar-refractivity contribution in [2.45, 2.75) is 50.9 Å². The Hall–Kier alpha value is -1.19. The summed E-state index contributed by atoms with van der Waals surface area (Å²) in [6.07, 6.45) is 4.93. The van der Waals surface area contributed by atoms with E-state index in [1.165, 1.54) is 0 Å². The van der Waals surface area contributed by atoms with E-state index in [1.807, 2.05) is 0 Å². The van der Waals surface area contributed by atoms with E-state index < -0.39 is 15.6 Å². The largest absolute Gasteiger partial charge is 0.364 e. The number of nitrogens with one attached hydrogen (secondary N) is 1. The predicted octanol–water partition coefficient (Wildman–Crippen LogP) is 0.0661. The molecule has 8 nitrogen and oxygen atoms in total. The Labute approximate surface area is 134 Å². The molecule has 128 valence electrons. The molecular weight excluding hydrogens is 320 g/mol. The summed E-state index contributed by atoms with van der Waals surface area (Å²) in [7, 11) is -3.25. The number of ether oxygens (including phenoxy) is 1. The van der Waals surface area contributed by atoms with Gasteiger partial charge in [0.05, 0.1) is 12.3 Å². The zero-order valence-electron chi connectivity index (χ0n) is 13.0. The Morgan fingerprint density at radius 3 is 2.87 bits per heavy atom. The second-order valence-electron chi connectivity index (χ2n) is 7.02. The summed E-state index contributed by atoms with van der Waals surface area (Å²) in [5.74, 6) is 1.12. The third-order valence-electron chi connectivity index (χ3n) is 5.39. The van der Waals surface area contributed by atoms with Crippen LogP contribution in [-0.4, -0.2) is 51.9 Å². The minimum absolute atomic E-state index is 0.245. The molecule has 0 radical (unpaired) electrons. The summed E-state index contributed by atoms with van der Waals surface area (Å²) in [5.41, 5.74) is -0.848. The van der Waals surface area contributed by atoms with Crippen molar-refractivity contribution in [2.75, 3.05) is 18.8 Å². The molecule has 0 bridgehead atoms. The number of H-pyrrole nitrogens is 1. The number of sulfonamides is 1. The van der Waals surface area contributed by atoms with Crippen molar-refractivity contribution in [2.24, 2.45) is 5.92 Å². The number of aromatic amines is 1. The number of hydrogen-bond donors (Lipinski definition) is 1. The van der Waals surface area contributed by atoms with Gasteiger partial charge in [-0.1, -0.05) is 12.8 Å². The van der Waals surface area contributed by atoms with Crippen molar-refractivity contribution >= 4 is 10.0 Å². The summed E-state index contributed by atoms with van der Waals surface area (Å²) in [5, 5.41) is 6.34. The number of fused-ring (bicyclic) bond motifs is 1. The third kappa shape index (κ3) is 2.74. The van der Waals surface area contributed by atoms with Crippen molar-refractivity contribution in [3.63, 3.8) is 0 Å². The molecule has 1 saturated heterocycles. The van der Waals surface area contributed by atoms with Crippen LogP contribution in [0.5, 0.6) is 0 Å². The van der Waals surface area contributed by atoms with Crippen LogP contribution in [0.2, 0.25) is 0 Å². The molecule has 1 aliphatic carbocycles. The van der Waals surface area contributed by atoms with E-state index in [-0.39, 0.29) is 18.0 Å². The summed E-state index contributed by atoms with van der Waals surface area (Å²) >= 11 is 0. The van der Waals surface area contributed by atoms with Crippen LogP contribution >= 0.6 is 0 Å². The van der Waals surface area contributed by atoms with Crippen LogP contribution in [0, 0.1) is 5.92 Å². The van der Waals surface area contributed by atoms with Gasteiger partial charge in [0, 0.05) is 13.1 Å². The molecule has 9 heteroatoms. The first-order valence-corrected chi connectivity index (χ1v) is 9.84. The molecule has 1 aromatic rings. The molecule has 23 heavy (non-hydrogen) atoms. The summed E-state index contributed by atoms with van der Waals surface area (Å²) in [6, 6.07) is 0. The zero-order valence-corrected chi connectivity index (χ0v) is 13.8. The quantitative estimate of drug-likeness (QED) is 0.838. The van der Waals surface area contributed by atoms with Crippen LogP contribution < -0.4 is 5.69 Å². The molecule has 1 unspecified atom stereocenters. The normalized spacial score (nSPS) is 29.4. The molecule has 0 amide bonds. The van der Waals surface area contributed by atoms with Crippen molar-refractivity contribution in [1.82, 2.24) is 19.1 Å². The van der Waals surface area contributed by atoms with Crippen LogP contribution in [0.4, 0.5) is 0 Å². The molecule has 1 spiro atoms. The predicted molar refractivity (Wildman–Crippen MR) is 82.3 cm³/mol. The van der Waals surface area contributed by atoms with Gasteiger partial charge < -0.3 is 4.74 Å². The Balaban J connectivity index is 1.48. The highest BCUT2D eigenvalue weighted by atomic mass is 32.2. The Morgan fingerprint density at radius 2 is 2.09 bits per heavy atom. The number of hydrogen-bond acceptors (Lipinski definition) is 5. The minimum Gasteiger partial charge on any atom is -0.364 e. The van der Waals surface area contributed by atoms with Gasteiger partial charge in [-0.05, 0) is 25.2 Å². The summed E-state index contributed by atoms with van der Waals surface area (Å²) in [4.78, 5) is 11.8. The molecule has 1 atom stereocenters. The molecular formula is C14H22N4O4S. The van der Waals surface area contributed by atoms with Crippen LogP contribution in [0.25, 0.3) is 0 Å². The Morgan fingerprint density at radius 1 is 1.30 bits per heavy atom. The first-order valence-electron chi connectivity index (χ1n) is 8.23. The lowest BCUT2D eigenvalue weighted by atomic mass is 10.0. The highest BCUT2D eigenvalue weighted by Gasteiger charge is 2.46. The maximum Gasteiger partial charge on any atom is 0.343 e. The van der Waals surface area contributed by atoms with Crippen LogP contribution in [0.15, 0.2) is 4.79 Å². The number of rotatable bonds is 3. The highest BCUT2D eigenvalue weighted by molar-refractivity contribution is 7.89. The molecule has 2 aliphatic heterocycles. The molecule has 1 N–H and O–H groups in total. The van der Waals surface area contributed by atoms with Gasteiger partial charge in [-0.25, -0.2) is 18.3 Å². The van der Waals surface area contributed by atoms with Crippen LogP contribution in [0.1, 0.15) is 37.9 Å². The van der Waals surface area contributed by atoms with E-state index in [9.17, 15) is 13.2 Å². The minimum atomic E-state index is -3.25. The van der Waals surface area contributed by atoms with E-state index in [2.05, 4.69) is 10.2 Å². The standard InChI is InChI=1S/C14H22N4O4S/c19-13-16-15-12-7-22-14(10-18(12)13)5-6-17(9-14)23(20,21)8-11-3-1-2-4-11/h11H,1-10H2,(H,16,19). The first kappa shape index (κ1) is 15.3. The average Bonchev–Trinajstić information content (AvgIpc) is 3.22. The van der Waals surface area contributed by atoms with Crippen molar-refractivity contribution < 1.29 is 13.2 Å². The molecule has 3 heterocycles. The lowest BCUT2D eigenvalue weighted by Crippen LogP contribution is -2.47. The Bertz CT molecular complexity index is 749. The molecule has 2 fully saturated rings. The fraction of sp³-hybridized carbons (Fsp3) is 0.857. The number of nitrogens with zero attached hydrogens (tertiary/aromatic N) is 3. The second-order valence-corrected chi connectivity index (χ2v) is 9.03. The average molecular weight is 342 g/mol. The van der Waals surface area contributed by atoms with Gasteiger partial charge >= 0.3 is 5.69 Å². The second kappa shape index (κ2) is 5.42. The van der Waals surface area contributed by atoms with Gasteiger partial charge in [0.2, 0.25) is 10.0 Å². The van der Waals surface area contributed by atoms with Crippen molar-refractivity contribution in [3.05, 3.63) is 16.3 Å². The van der Waals surface area contributed by atoms with Gasteiger partial charge in [-0.3, -0.25) is 4.57 Å². The number of aromatic nitrogens is 3. The van der Waals surface area contributed by atoms with E-state index in [1.54, 1.807) is 8.87 Å². The SMILES string of the molecule is O=c1[nH]nc2n1CC1(CCN(S(=O)(=O)CC3CCCC3)C1)OC2. The molecule has 3 aliphatic rings. The van der Waals surface area contributed by atoms with Gasteiger partial charge in [0.15, 0.2) is 5.82 Å². The fourth-order valence-corrected chi connectivity index (χ4v) is 5.99. The molecule has 1 saturated carbocycles. The van der Waals surface area contributed by atoms with Gasteiger partial charge in [-0.2, -0.15) is 9.40 Å². The molecule has 0 aromatic carbocycles. The summed E-state index contributed by atoms with van der Waals surface area (Å²) in [6.45, 7) is 1.42. The first-order chi connectivity index (χ1) is 11.0. The van der Waals surface area contributed by atoms with Crippen LogP contribution in [-0.2, 0) is 27.9 Å². The molecule has 1 aromatic heterocycles. The van der Waals surface area contributed by atoms with E-state index in [0.717, 1.165) is 25.7 Å². The maximum absolute atomic E-state index is 12.7. The topological polar surface area (TPSA) is 97.3 Å². The molecule has 4 rings (SSSR count). The van der Waals surface area contributed by atoms with Crippen molar-refractivity contribution in [3.8, 4) is 0 Å². The van der Waals surface area contributed by atoms with E-state index >= 15 is 0 Å². The maximum atomic E-state index is 12.7. The van der Waals surface area contributed by atoms with Crippen molar-refractivity contribution in [1.29, 1.82) is 0 Å². The fourth-order valence-electron chi connectivity index (χ4n) is 4.05. The zero-order chi connectivity index (χ0) is 16.1. The van der Waals surface area contributed by atoms with Gasteiger partial charge in [-0.15, -0.1) is 0 Å². The Kier molecular flexibility index (Phi) is 3.62. The van der Waals surface area contributed by atoms with Gasteiger partial charge in [0.25, 0.3) is 0 Å². The summed E-state index contributed by atoms with van der Waals surface area (Å²) < 4.78 is 34.4. The smallest absolute Gasteiger partial charge is 0.343 e. The monoisotopic (exact) mass is 342 g/mol. The van der Waals surface area contributed by atoms with E-state index in [4.69, 9.17) is 4.74 Å².